The van der Waals surface area contributed by atoms with Gasteiger partial charge in [0.05, 0.1) is 6.04 Å². The van der Waals surface area contributed by atoms with Crippen LogP contribution in [0.25, 0.3) is 0 Å². The van der Waals surface area contributed by atoms with Crippen molar-refractivity contribution in [3.8, 4) is 5.75 Å². The SMILES string of the molecule is CNCC(Cc1ccc(O)cc1)NC(=O)C1CCCN1C. The Balaban J connectivity index is 1.95. The van der Waals surface area contributed by atoms with Crippen LogP contribution >= 0.6 is 0 Å². The summed E-state index contributed by atoms with van der Waals surface area (Å²) in [6, 6.07) is 7.21. The molecule has 1 fully saturated rings. The fourth-order valence-electron chi connectivity index (χ4n) is 2.88. The minimum absolute atomic E-state index is 0.00386. The molecule has 3 N–H and O–H groups in total. The lowest BCUT2D eigenvalue weighted by Crippen LogP contribution is -2.49. The van der Waals surface area contributed by atoms with Crippen molar-refractivity contribution in [1.29, 1.82) is 0 Å². The summed E-state index contributed by atoms with van der Waals surface area (Å²) in [5, 5.41) is 15.6. The zero-order valence-electron chi connectivity index (χ0n) is 12.8. The van der Waals surface area contributed by atoms with Crippen LogP contribution in [0.15, 0.2) is 24.3 Å². The number of phenolic OH excluding ortho intramolecular Hbond substituents is 1. The van der Waals surface area contributed by atoms with Crippen LogP contribution in [0.2, 0.25) is 0 Å². The first-order chi connectivity index (χ1) is 10.1. The molecule has 2 rings (SSSR count). The molecule has 1 heterocycles. The normalized spacial score (nSPS) is 20.4. The molecule has 116 valence electrons. The lowest BCUT2D eigenvalue weighted by atomic mass is 10.0. The van der Waals surface area contributed by atoms with Gasteiger partial charge in [0.1, 0.15) is 5.75 Å². The lowest BCUT2D eigenvalue weighted by molar-refractivity contribution is -0.125. The van der Waals surface area contributed by atoms with E-state index in [9.17, 15) is 9.90 Å². The second kappa shape index (κ2) is 7.43. The number of aromatic hydroxyl groups is 1. The summed E-state index contributed by atoms with van der Waals surface area (Å²) < 4.78 is 0. The molecule has 0 saturated carbocycles. The van der Waals surface area contributed by atoms with Crippen molar-refractivity contribution in [3.63, 3.8) is 0 Å². The number of benzene rings is 1. The van der Waals surface area contributed by atoms with Gasteiger partial charge in [0, 0.05) is 12.6 Å². The van der Waals surface area contributed by atoms with Crippen molar-refractivity contribution in [2.45, 2.75) is 31.3 Å². The van der Waals surface area contributed by atoms with Crippen molar-refractivity contribution in [2.75, 3.05) is 27.2 Å². The van der Waals surface area contributed by atoms with E-state index in [-0.39, 0.29) is 23.7 Å². The van der Waals surface area contributed by atoms with Crippen molar-refractivity contribution >= 4 is 5.91 Å². The molecule has 1 aromatic carbocycles. The molecule has 5 nitrogen and oxygen atoms in total. The van der Waals surface area contributed by atoms with E-state index in [0.29, 0.717) is 0 Å². The third-order valence-corrected chi connectivity index (χ3v) is 4.04. The summed E-state index contributed by atoms with van der Waals surface area (Å²) in [5.74, 6) is 0.384. The highest BCUT2D eigenvalue weighted by Crippen LogP contribution is 2.15. The highest BCUT2D eigenvalue weighted by molar-refractivity contribution is 5.82. The monoisotopic (exact) mass is 291 g/mol. The van der Waals surface area contributed by atoms with E-state index in [1.807, 2.05) is 26.2 Å². The summed E-state index contributed by atoms with van der Waals surface area (Å²) in [5.41, 5.74) is 1.10. The maximum absolute atomic E-state index is 12.4. The molecule has 2 unspecified atom stereocenters. The van der Waals surface area contributed by atoms with Crippen LogP contribution in [-0.2, 0) is 11.2 Å². The molecule has 5 heteroatoms. The summed E-state index contributed by atoms with van der Waals surface area (Å²) in [6.07, 6.45) is 2.78. The van der Waals surface area contributed by atoms with Gasteiger partial charge in [-0.1, -0.05) is 12.1 Å². The first kappa shape index (κ1) is 15.8. The summed E-state index contributed by atoms with van der Waals surface area (Å²) >= 11 is 0. The van der Waals surface area contributed by atoms with Gasteiger partial charge in [-0.05, 0) is 57.6 Å². The highest BCUT2D eigenvalue weighted by Gasteiger charge is 2.28. The zero-order valence-corrected chi connectivity index (χ0v) is 12.8. The van der Waals surface area contributed by atoms with E-state index >= 15 is 0 Å². The minimum atomic E-state index is 0.00386. The molecule has 1 aliphatic heterocycles. The van der Waals surface area contributed by atoms with Crippen LogP contribution in [0.1, 0.15) is 18.4 Å². The van der Waals surface area contributed by atoms with Gasteiger partial charge in [-0.2, -0.15) is 0 Å². The number of hydrogen-bond acceptors (Lipinski definition) is 4. The number of hydrogen-bond donors (Lipinski definition) is 3. The molecule has 1 aliphatic rings. The van der Waals surface area contributed by atoms with E-state index < -0.39 is 0 Å². The van der Waals surface area contributed by atoms with Crippen LogP contribution in [0.3, 0.4) is 0 Å². The number of rotatable bonds is 6. The number of nitrogens with one attached hydrogen (secondary N) is 2. The largest absolute Gasteiger partial charge is 0.508 e. The van der Waals surface area contributed by atoms with Crippen molar-refractivity contribution in [3.05, 3.63) is 29.8 Å². The van der Waals surface area contributed by atoms with Gasteiger partial charge in [0.15, 0.2) is 0 Å². The smallest absolute Gasteiger partial charge is 0.237 e. The molecule has 0 bridgehead atoms. The average molecular weight is 291 g/mol. The lowest BCUT2D eigenvalue weighted by Gasteiger charge is -2.24. The van der Waals surface area contributed by atoms with Crippen molar-refractivity contribution in [2.24, 2.45) is 0 Å². The quantitative estimate of drug-likeness (QED) is 0.723. The topological polar surface area (TPSA) is 64.6 Å². The van der Waals surface area contributed by atoms with E-state index in [1.165, 1.54) is 0 Å². The number of likely N-dealkylation sites (tertiary alicyclic amines) is 1. The molecule has 21 heavy (non-hydrogen) atoms. The first-order valence-electron chi connectivity index (χ1n) is 7.53. The number of carbonyl (C=O) groups excluding carboxylic acids is 1. The molecule has 0 radical (unpaired) electrons. The fraction of sp³-hybridized carbons (Fsp3) is 0.562. The molecular weight excluding hydrogens is 266 g/mol. The Morgan fingerprint density at radius 3 is 2.71 bits per heavy atom. The van der Waals surface area contributed by atoms with E-state index in [4.69, 9.17) is 0 Å². The second-order valence-corrected chi connectivity index (χ2v) is 5.77. The number of carbonyl (C=O) groups is 1. The van der Waals surface area contributed by atoms with Gasteiger partial charge >= 0.3 is 0 Å². The van der Waals surface area contributed by atoms with Crippen LogP contribution in [-0.4, -0.2) is 55.2 Å². The zero-order chi connectivity index (χ0) is 15.2. The Kier molecular flexibility index (Phi) is 5.59. The maximum atomic E-state index is 12.4. The van der Waals surface area contributed by atoms with Gasteiger partial charge in [-0.3, -0.25) is 9.69 Å². The number of amides is 1. The summed E-state index contributed by atoms with van der Waals surface area (Å²) in [4.78, 5) is 14.5. The third kappa shape index (κ3) is 4.44. The van der Waals surface area contributed by atoms with Crippen molar-refractivity contribution < 1.29 is 9.90 Å². The predicted octanol–water partition coefficient (Wildman–Crippen LogP) is 0.733. The Hall–Kier alpha value is -1.59. The van der Waals surface area contributed by atoms with Gasteiger partial charge in [0.25, 0.3) is 0 Å². The number of likely N-dealkylation sites (N-methyl/N-ethyl adjacent to an activating group) is 2. The fourth-order valence-corrected chi connectivity index (χ4v) is 2.88. The first-order valence-corrected chi connectivity index (χ1v) is 7.53. The van der Waals surface area contributed by atoms with E-state index in [2.05, 4.69) is 15.5 Å². The van der Waals surface area contributed by atoms with Crippen LogP contribution < -0.4 is 10.6 Å². The minimum Gasteiger partial charge on any atom is -0.508 e. The van der Waals surface area contributed by atoms with Crippen molar-refractivity contribution in [1.82, 2.24) is 15.5 Å². The predicted molar refractivity (Wildman–Crippen MR) is 83.3 cm³/mol. The van der Waals surface area contributed by atoms with Crippen LogP contribution in [0.5, 0.6) is 5.75 Å². The van der Waals surface area contributed by atoms with Gasteiger partial charge in [-0.15, -0.1) is 0 Å². The summed E-state index contributed by atoms with van der Waals surface area (Å²) in [6.45, 7) is 1.72. The third-order valence-electron chi connectivity index (χ3n) is 4.04. The van der Waals surface area contributed by atoms with E-state index in [0.717, 1.165) is 37.9 Å². The maximum Gasteiger partial charge on any atom is 0.237 e. The standard InChI is InChI=1S/C16H25N3O2/c1-17-11-13(10-12-5-7-14(20)8-6-12)18-16(21)15-4-3-9-19(15)2/h5-8,13,15,17,20H,3-4,9-11H2,1-2H3,(H,18,21). The Bertz CT molecular complexity index is 461. The Labute approximate surface area is 126 Å². The average Bonchev–Trinajstić information content (AvgIpc) is 2.88. The molecule has 1 amide bonds. The molecule has 1 saturated heterocycles. The number of phenols is 1. The van der Waals surface area contributed by atoms with E-state index in [1.54, 1.807) is 12.1 Å². The molecule has 0 aromatic heterocycles. The molecule has 0 spiro atoms. The highest BCUT2D eigenvalue weighted by atomic mass is 16.3. The number of nitrogens with zero attached hydrogens (tertiary/aromatic N) is 1. The molecule has 1 aromatic rings. The molecular formula is C16H25N3O2. The Morgan fingerprint density at radius 1 is 1.43 bits per heavy atom. The summed E-state index contributed by atoms with van der Waals surface area (Å²) in [7, 11) is 3.89. The second-order valence-electron chi connectivity index (χ2n) is 5.77. The molecule has 0 aliphatic carbocycles. The van der Waals surface area contributed by atoms with Gasteiger partial charge < -0.3 is 15.7 Å². The van der Waals surface area contributed by atoms with Gasteiger partial charge in [-0.25, -0.2) is 0 Å². The Morgan fingerprint density at radius 2 is 2.14 bits per heavy atom. The van der Waals surface area contributed by atoms with Gasteiger partial charge in [0.2, 0.25) is 5.91 Å². The van der Waals surface area contributed by atoms with Crippen LogP contribution in [0, 0.1) is 0 Å². The molecule has 2 atom stereocenters. The van der Waals surface area contributed by atoms with Crippen LogP contribution in [0.4, 0.5) is 0 Å².